The summed E-state index contributed by atoms with van der Waals surface area (Å²) in [7, 11) is 1.73. The molecule has 0 amide bonds. The van der Waals surface area contributed by atoms with E-state index in [1.807, 2.05) is 0 Å². The third kappa shape index (κ3) is 2.47. The molecule has 1 N–H and O–H groups in total. The van der Waals surface area contributed by atoms with E-state index in [-0.39, 0.29) is 0 Å². The third-order valence-corrected chi connectivity index (χ3v) is 3.41. The molecule has 7 heteroatoms. The highest BCUT2D eigenvalue weighted by Crippen LogP contribution is 2.31. The minimum atomic E-state index is -0.957. The molecule has 0 aliphatic heterocycles. The first-order valence-corrected chi connectivity index (χ1v) is 6.22. The van der Waals surface area contributed by atoms with Crippen molar-refractivity contribution in [3.05, 3.63) is 44.4 Å². The Morgan fingerprint density at radius 3 is 2.65 bits per heavy atom. The Morgan fingerprint density at radius 1 is 1.41 bits per heavy atom. The topological polar surface area (TPSA) is 50.9 Å². The molecule has 0 saturated carbocycles. The number of aromatic nitrogens is 3. The summed E-state index contributed by atoms with van der Waals surface area (Å²) in [5.41, 5.74) is 0.932. The molecule has 17 heavy (non-hydrogen) atoms. The summed E-state index contributed by atoms with van der Waals surface area (Å²) < 4.78 is 2.25. The van der Waals surface area contributed by atoms with Gasteiger partial charge in [-0.25, -0.2) is 0 Å². The highest BCUT2D eigenvalue weighted by molar-refractivity contribution is 9.10. The number of hydrogen-bond acceptors (Lipinski definition) is 3. The molecule has 0 bridgehead atoms. The number of rotatable bonds is 2. The lowest BCUT2D eigenvalue weighted by molar-refractivity contribution is 0.204. The van der Waals surface area contributed by atoms with Gasteiger partial charge in [-0.15, -0.1) is 0 Å². The smallest absolute Gasteiger partial charge is 0.140 e. The number of aryl methyl sites for hydroxylation is 1. The zero-order valence-corrected chi connectivity index (χ0v) is 11.8. The molecule has 90 valence electrons. The maximum absolute atomic E-state index is 10.2. The summed E-state index contributed by atoms with van der Waals surface area (Å²) in [4.78, 5) is 4.04. The lowest BCUT2D eigenvalue weighted by Gasteiger charge is -2.12. The summed E-state index contributed by atoms with van der Waals surface area (Å²) in [6, 6.07) is 1.54. The number of hydrogen-bond donors (Lipinski definition) is 1. The molecular formula is C10H8BrCl2N3O. The van der Waals surface area contributed by atoms with Crippen molar-refractivity contribution in [3.63, 3.8) is 0 Å². The summed E-state index contributed by atoms with van der Waals surface area (Å²) >= 11 is 15.1. The number of aliphatic hydroxyl groups excluding tert-OH is 1. The van der Waals surface area contributed by atoms with Crippen LogP contribution in [0, 0.1) is 0 Å². The molecule has 0 aliphatic rings. The number of aliphatic hydroxyl groups is 1. The van der Waals surface area contributed by atoms with Gasteiger partial charge in [0.05, 0.1) is 32.1 Å². The maximum Gasteiger partial charge on any atom is 0.140 e. The zero-order valence-electron chi connectivity index (χ0n) is 8.73. The van der Waals surface area contributed by atoms with Crippen LogP contribution in [0.1, 0.15) is 17.5 Å². The summed E-state index contributed by atoms with van der Waals surface area (Å²) in [6.45, 7) is 0. The number of halogens is 3. The van der Waals surface area contributed by atoms with Crippen molar-refractivity contribution in [2.45, 2.75) is 6.10 Å². The number of pyridine rings is 1. The van der Waals surface area contributed by atoms with Crippen molar-refractivity contribution in [2.75, 3.05) is 0 Å². The van der Waals surface area contributed by atoms with Gasteiger partial charge in [0, 0.05) is 13.2 Å². The molecule has 2 rings (SSSR count). The molecule has 0 radical (unpaired) electrons. The molecule has 0 fully saturated rings. The molecule has 1 atom stereocenters. The Kier molecular flexibility index (Phi) is 3.73. The fourth-order valence-electron chi connectivity index (χ4n) is 1.48. The van der Waals surface area contributed by atoms with Crippen molar-refractivity contribution in [1.29, 1.82) is 0 Å². The average Bonchev–Trinajstić information content (AvgIpc) is 2.58. The molecule has 2 heterocycles. The van der Waals surface area contributed by atoms with E-state index in [0.29, 0.717) is 25.9 Å². The van der Waals surface area contributed by atoms with E-state index in [1.165, 1.54) is 6.20 Å². The second kappa shape index (κ2) is 4.94. The maximum atomic E-state index is 10.2. The Bertz CT molecular complexity index is 539. The van der Waals surface area contributed by atoms with E-state index in [9.17, 15) is 5.11 Å². The highest BCUT2D eigenvalue weighted by atomic mass is 79.9. The van der Waals surface area contributed by atoms with Gasteiger partial charge in [0.25, 0.3) is 0 Å². The van der Waals surface area contributed by atoms with Crippen molar-refractivity contribution < 1.29 is 5.11 Å². The first kappa shape index (κ1) is 12.8. The van der Waals surface area contributed by atoms with Gasteiger partial charge < -0.3 is 5.11 Å². The summed E-state index contributed by atoms with van der Waals surface area (Å²) in [5.74, 6) is 0. The molecule has 4 nitrogen and oxygen atoms in total. The first-order chi connectivity index (χ1) is 8.00. The van der Waals surface area contributed by atoms with Crippen LogP contribution in [-0.2, 0) is 7.05 Å². The minimum absolute atomic E-state index is 0.318. The Morgan fingerprint density at radius 2 is 2.12 bits per heavy atom. The molecule has 2 aromatic rings. The van der Waals surface area contributed by atoms with Gasteiger partial charge in [0.1, 0.15) is 6.10 Å². The van der Waals surface area contributed by atoms with Crippen LogP contribution in [-0.4, -0.2) is 19.9 Å². The van der Waals surface area contributed by atoms with Crippen molar-refractivity contribution in [3.8, 4) is 0 Å². The van der Waals surface area contributed by atoms with Gasteiger partial charge in [-0.2, -0.15) is 5.10 Å². The zero-order chi connectivity index (χ0) is 12.6. The van der Waals surface area contributed by atoms with Gasteiger partial charge in [0.2, 0.25) is 0 Å². The van der Waals surface area contributed by atoms with Crippen LogP contribution >= 0.6 is 39.1 Å². The van der Waals surface area contributed by atoms with E-state index in [1.54, 1.807) is 24.0 Å². The van der Waals surface area contributed by atoms with E-state index in [2.05, 4.69) is 26.0 Å². The quantitative estimate of drug-likeness (QED) is 0.917. The fraction of sp³-hybridized carbons (Fsp3) is 0.200. The molecular weight excluding hydrogens is 329 g/mol. The lowest BCUT2D eigenvalue weighted by atomic mass is 10.1. The molecule has 0 saturated heterocycles. The van der Waals surface area contributed by atoms with Crippen LogP contribution in [0.4, 0.5) is 0 Å². The Hall–Kier alpha value is -0.620. The van der Waals surface area contributed by atoms with Gasteiger partial charge in [-0.3, -0.25) is 9.67 Å². The fourth-order valence-corrected chi connectivity index (χ4v) is 2.53. The highest BCUT2D eigenvalue weighted by Gasteiger charge is 2.21. The standard InChI is InChI=1S/C10H8BrCl2N3O/c1-16-9(6(11)4-15-16)10(17)8-7(13)2-5(12)3-14-8/h2-4,10,17H,1H3. The van der Waals surface area contributed by atoms with Crippen LogP contribution < -0.4 is 0 Å². The van der Waals surface area contributed by atoms with Crippen molar-refractivity contribution in [1.82, 2.24) is 14.8 Å². The minimum Gasteiger partial charge on any atom is -0.380 e. The molecule has 0 aromatic carbocycles. The monoisotopic (exact) mass is 335 g/mol. The molecule has 0 aliphatic carbocycles. The molecule has 2 aromatic heterocycles. The first-order valence-electron chi connectivity index (χ1n) is 4.67. The Labute approximate surface area is 116 Å². The van der Waals surface area contributed by atoms with Crippen molar-refractivity contribution >= 4 is 39.1 Å². The van der Waals surface area contributed by atoms with Gasteiger partial charge in [-0.1, -0.05) is 23.2 Å². The second-order valence-corrected chi connectivity index (χ2v) is 5.12. The largest absolute Gasteiger partial charge is 0.380 e. The van der Waals surface area contributed by atoms with E-state index in [0.717, 1.165) is 0 Å². The third-order valence-electron chi connectivity index (χ3n) is 2.29. The van der Waals surface area contributed by atoms with Crippen LogP contribution in [0.3, 0.4) is 0 Å². The average molecular weight is 337 g/mol. The van der Waals surface area contributed by atoms with Crippen molar-refractivity contribution in [2.24, 2.45) is 7.05 Å². The van der Waals surface area contributed by atoms with Crippen LogP contribution in [0.5, 0.6) is 0 Å². The van der Waals surface area contributed by atoms with Crippen LogP contribution in [0.2, 0.25) is 10.0 Å². The predicted molar refractivity (Wildman–Crippen MR) is 69.2 cm³/mol. The molecule has 1 unspecified atom stereocenters. The summed E-state index contributed by atoms with van der Waals surface area (Å²) in [6.07, 6.45) is 2.08. The van der Waals surface area contributed by atoms with Crippen LogP contribution in [0.15, 0.2) is 22.9 Å². The second-order valence-electron chi connectivity index (χ2n) is 3.42. The normalized spacial score (nSPS) is 12.8. The summed E-state index contributed by atoms with van der Waals surface area (Å²) in [5, 5.41) is 15.0. The number of nitrogens with zero attached hydrogens (tertiary/aromatic N) is 3. The SMILES string of the molecule is Cn1ncc(Br)c1C(O)c1ncc(Cl)cc1Cl. The van der Waals surface area contributed by atoms with Gasteiger partial charge >= 0.3 is 0 Å². The van der Waals surface area contributed by atoms with E-state index < -0.39 is 6.10 Å². The lowest BCUT2D eigenvalue weighted by Crippen LogP contribution is -2.09. The van der Waals surface area contributed by atoms with Crippen LogP contribution in [0.25, 0.3) is 0 Å². The van der Waals surface area contributed by atoms with E-state index in [4.69, 9.17) is 23.2 Å². The van der Waals surface area contributed by atoms with Gasteiger partial charge in [-0.05, 0) is 22.0 Å². The Balaban J connectivity index is 2.47. The van der Waals surface area contributed by atoms with E-state index >= 15 is 0 Å². The molecule has 0 spiro atoms. The predicted octanol–water partition coefficient (Wildman–Crippen LogP) is 2.97. The van der Waals surface area contributed by atoms with Gasteiger partial charge in [0.15, 0.2) is 0 Å².